The molecule has 0 saturated carbocycles. The van der Waals surface area contributed by atoms with Crippen LogP contribution in [-0.2, 0) is 0 Å². The molecule has 5 nitrogen and oxygen atoms in total. The summed E-state index contributed by atoms with van der Waals surface area (Å²) in [6.45, 7) is 1.98. The van der Waals surface area contributed by atoms with Gasteiger partial charge in [-0.15, -0.1) is 0 Å². The zero-order chi connectivity index (χ0) is 12.8. The van der Waals surface area contributed by atoms with Gasteiger partial charge >= 0.3 is 5.69 Å². The lowest BCUT2D eigenvalue weighted by Gasteiger charge is -2.08. The Kier molecular flexibility index (Phi) is 4.49. The van der Waals surface area contributed by atoms with Crippen LogP contribution in [0.1, 0.15) is 12.5 Å². The van der Waals surface area contributed by atoms with Crippen LogP contribution in [0.5, 0.6) is 5.75 Å². The van der Waals surface area contributed by atoms with Gasteiger partial charge in [-0.1, -0.05) is 17.7 Å². The van der Waals surface area contributed by atoms with E-state index in [0.717, 1.165) is 6.08 Å². The number of rotatable bonds is 4. The number of para-hydroxylation sites is 1. The normalized spacial score (nSPS) is 10.8. The SMILES string of the molecule is CCOc1c(/C(Cl)=C/C#N)cccc1[N+](=O)[O-]. The lowest BCUT2D eigenvalue weighted by Crippen LogP contribution is -2.00. The highest BCUT2D eigenvalue weighted by molar-refractivity contribution is 6.49. The second-order valence-electron chi connectivity index (χ2n) is 2.97. The molecule has 88 valence electrons. The predicted molar refractivity (Wildman–Crippen MR) is 63.7 cm³/mol. The summed E-state index contributed by atoms with van der Waals surface area (Å²) >= 11 is 5.86. The van der Waals surface area contributed by atoms with E-state index in [1.165, 1.54) is 12.1 Å². The maximum absolute atomic E-state index is 10.8. The van der Waals surface area contributed by atoms with E-state index in [1.807, 2.05) is 0 Å². The Labute approximate surface area is 103 Å². The summed E-state index contributed by atoms with van der Waals surface area (Å²) in [7, 11) is 0. The standard InChI is InChI=1S/C11H9ClN2O3/c1-2-17-11-8(9(12)6-7-13)4-3-5-10(11)14(15)16/h3-6H,2H2,1H3/b9-6-. The first-order valence-electron chi connectivity index (χ1n) is 4.77. The zero-order valence-corrected chi connectivity index (χ0v) is 9.77. The van der Waals surface area contributed by atoms with Crippen LogP contribution in [0.15, 0.2) is 24.3 Å². The van der Waals surface area contributed by atoms with Gasteiger partial charge in [-0.25, -0.2) is 0 Å². The van der Waals surface area contributed by atoms with Gasteiger partial charge in [0, 0.05) is 17.7 Å². The molecular formula is C11H9ClN2O3. The van der Waals surface area contributed by atoms with Crippen molar-refractivity contribution in [3.05, 3.63) is 40.0 Å². The highest BCUT2D eigenvalue weighted by atomic mass is 35.5. The molecule has 0 N–H and O–H groups in total. The van der Waals surface area contributed by atoms with E-state index >= 15 is 0 Å². The molecule has 0 fully saturated rings. The van der Waals surface area contributed by atoms with Crippen molar-refractivity contribution in [1.29, 1.82) is 5.26 Å². The molecule has 0 aromatic heterocycles. The molecule has 0 amide bonds. The van der Waals surface area contributed by atoms with Gasteiger partial charge in [-0.3, -0.25) is 10.1 Å². The summed E-state index contributed by atoms with van der Waals surface area (Å²) in [6.07, 6.45) is 1.10. The molecule has 0 aliphatic carbocycles. The molecule has 6 heteroatoms. The summed E-state index contributed by atoms with van der Waals surface area (Å²) in [5, 5.41) is 19.4. The first-order valence-corrected chi connectivity index (χ1v) is 5.15. The van der Waals surface area contributed by atoms with E-state index in [2.05, 4.69) is 0 Å². The Morgan fingerprint density at radius 2 is 2.41 bits per heavy atom. The van der Waals surface area contributed by atoms with Crippen LogP contribution < -0.4 is 4.74 Å². The van der Waals surface area contributed by atoms with Crippen molar-refractivity contribution in [2.24, 2.45) is 0 Å². The van der Waals surface area contributed by atoms with Crippen molar-refractivity contribution in [2.45, 2.75) is 6.92 Å². The maximum Gasteiger partial charge on any atom is 0.311 e. The second kappa shape index (κ2) is 5.87. The van der Waals surface area contributed by atoms with Gasteiger partial charge in [0.1, 0.15) is 0 Å². The van der Waals surface area contributed by atoms with Gasteiger partial charge in [-0.05, 0) is 13.0 Å². The highest BCUT2D eigenvalue weighted by Gasteiger charge is 2.20. The summed E-state index contributed by atoms with van der Waals surface area (Å²) in [5.74, 6) is 0.0801. The van der Waals surface area contributed by atoms with E-state index < -0.39 is 4.92 Å². The Hall–Kier alpha value is -2.06. The average molecular weight is 253 g/mol. The van der Waals surface area contributed by atoms with Crippen molar-refractivity contribution >= 4 is 22.3 Å². The van der Waals surface area contributed by atoms with Crippen LogP contribution in [0.25, 0.3) is 5.03 Å². The molecule has 1 aromatic carbocycles. The van der Waals surface area contributed by atoms with Gasteiger partial charge in [0.25, 0.3) is 0 Å². The summed E-state index contributed by atoms with van der Waals surface area (Å²) in [6, 6.07) is 6.14. The average Bonchev–Trinajstić information content (AvgIpc) is 2.29. The fraction of sp³-hybridized carbons (Fsp3) is 0.182. The quantitative estimate of drug-likeness (QED) is 0.469. The van der Waals surface area contributed by atoms with Gasteiger partial charge in [0.05, 0.1) is 22.6 Å². The molecule has 0 bridgehead atoms. The number of benzene rings is 1. The molecule has 1 aromatic rings. The topological polar surface area (TPSA) is 76.2 Å². The summed E-state index contributed by atoms with van der Waals surface area (Å²) in [5.41, 5.74) is 0.165. The number of nitro benzene ring substituents is 1. The van der Waals surface area contributed by atoms with Crippen molar-refractivity contribution in [3.63, 3.8) is 0 Å². The fourth-order valence-electron chi connectivity index (χ4n) is 1.29. The number of hydrogen-bond acceptors (Lipinski definition) is 4. The molecule has 0 aliphatic heterocycles. The van der Waals surface area contributed by atoms with Crippen LogP contribution in [0, 0.1) is 21.4 Å². The van der Waals surface area contributed by atoms with Gasteiger partial charge < -0.3 is 4.74 Å². The van der Waals surface area contributed by atoms with Crippen LogP contribution in [0.3, 0.4) is 0 Å². The number of nitrogens with zero attached hydrogens (tertiary/aromatic N) is 2. The molecule has 0 radical (unpaired) electrons. The van der Waals surface area contributed by atoms with Crippen LogP contribution in [-0.4, -0.2) is 11.5 Å². The molecule has 0 aliphatic rings. The van der Waals surface area contributed by atoms with Crippen molar-refractivity contribution in [3.8, 4) is 11.8 Å². The second-order valence-corrected chi connectivity index (χ2v) is 3.37. The molecule has 0 atom stereocenters. The third kappa shape index (κ3) is 2.95. The molecule has 0 unspecified atom stereocenters. The number of halogens is 1. The van der Waals surface area contributed by atoms with Crippen LogP contribution >= 0.6 is 11.6 Å². The van der Waals surface area contributed by atoms with Crippen LogP contribution in [0.4, 0.5) is 5.69 Å². The van der Waals surface area contributed by atoms with E-state index in [-0.39, 0.29) is 23.1 Å². The number of ether oxygens (including phenoxy) is 1. The van der Waals surface area contributed by atoms with Crippen molar-refractivity contribution in [1.82, 2.24) is 0 Å². The van der Waals surface area contributed by atoms with E-state index in [1.54, 1.807) is 19.1 Å². The monoisotopic (exact) mass is 252 g/mol. The van der Waals surface area contributed by atoms with Gasteiger partial charge in [-0.2, -0.15) is 5.26 Å². The Bertz CT molecular complexity index is 506. The first-order chi connectivity index (χ1) is 8.11. The van der Waals surface area contributed by atoms with Crippen molar-refractivity contribution in [2.75, 3.05) is 6.61 Å². The van der Waals surface area contributed by atoms with Crippen molar-refractivity contribution < 1.29 is 9.66 Å². The number of nitro groups is 1. The van der Waals surface area contributed by atoms with E-state index in [9.17, 15) is 10.1 Å². The van der Waals surface area contributed by atoms with E-state index in [4.69, 9.17) is 21.6 Å². The predicted octanol–water partition coefficient (Wildman–Crippen LogP) is 3.10. The minimum Gasteiger partial charge on any atom is -0.487 e. The van der Waals surface area contributed by atoms with Crippen LogP contribution in [0.2, 0.25) is 0 Å². The van der Waals surface area contributed by atoms with Gasteiger partial charge in [0.2, 0.25) is 5.75 Å². The summed E-state index contributed by atoms with van der Waals surface area (Å²) < 4.78 is 5.22. The highest BCUT2D eigenvalue weighted by Crippen LogP contribution is 2.36. The Balaban J connectivity index is 3.40. The molecule has 17 heavy (non-hydrogen) atoms. The molecule has 0 saturated heterocycles. The largest absolute Gasteiger partial charge is 0.487 e. The smallest absolute Gasteiger partial charge is 0.311 e. The lowest BCUT2D eigenvalue weighted by atomic mass is 10.1. The zero-order valence-electron chi connectivity index (χ0n) is 9.01. The molecule has 1 rings (SSSR count). The Morgan fingerprint density at radius 3 is 2.94 bits per heavy atom. The Morgan fingerprint density at radius 1 is 1.71 bits per heavy atom. The molecule has 0 heterocycles. The molecule has 0 spiro atoms. The number of nitriles is 1. The van der Waals surface area contributed by atoms with Gasteiger partial charge in [0.15, 0.2) is 0 Å². The molecular weight excluding hydrogens is 244 g/mol. The third-order valence-corrected chi connectivity index (χ3v) is 2.24. The lowest BCUT2D eigenvalue weighted by molar-refractivity contribution is -0.385. The van der Waals surface area contributed by atoms with E-state index in [0.29, 0.717) is 5.56 Å². The number of hydrogen-bond donors (Lipinski definition) is 0. The fourth-order valence-corrected chi connectivity index (χ4v) is 1.48. The first kappa shape index (κ1) is 13.0. The summed E-state index contributed by atoms with van der Waals surface area (Å²) in [4.78, 5) is 10.3. The minimum atomic E-state index is -0.551. The third-order valence-electron chi connectivity index (χ3n) is 1.93. The number of allylic oxidation sites excluding steroid dienone is 1. The maximum atomic E-state index is 10.8. The minimum absolute atomic E-state index is 0.0801.